The average molecular weight is 482 g/mol. The van der Waals surface area contributed by atoms with Gasteiger partial charge in [-0.3, -0.25) is 4.79 Å². The minimum absolute atomic E-state index is 0.0279. The highest BCUT2D eigenvalue weighted by Crippen LogP contribution is 2.29. The lowest BCUT2D eigenvalue weighted by atomic mass is 10.0. The fraction of sp³-hybridized carbons (Fsp3) is 0.318. The van der Waals surface area contributed by atoms with E-state index >= 15 is 0 Å². The van der Waals surface area contributed by atoms with E-state index in [0.29, 0.717) is 35.8 Å². The van der Waals surface area contributed by atoms with E-state index in [2.05, 4.69) is 10.1 Å². The summed E-state index contributed by atoms with van der Waals surface area (Å²) in [5.41, 5.74) is 0.979. The molecule has 0 saturated carbocycles. The highest BCUT2D eigenvalue weighted by Gasteiger charge is 2.39. The molecule has 1 fully saturated rings. The molecule has 1 aliphatic heterocycles. The number of para-hydroxylation sites is 1. The van der Waals surface area contributed by atoms with Gasteiger partial charge >= 0.3 is 6.36 Å². The number of benzene rings is 2. The SMILES string of the molecule is O=C(NCc1ccc(OC(F)(F)F)cc1)[C@@H]1CCCCN1S(=O)(=O)c1cc2ccccc2o1. The Hall–Kier alpha value is -3.05. The smallest absolute Gasteiger partial charge is 0.443 e. The molecule has 1 aromatic heterocycles. The molecule has 1 atom stereocenters. The van der Waals surface area contributed by atoms with Crippen LogP contribution in [0.1, 0.15) is 24.8 Å². The summed E-state index contributed by atoms with van der Waals surface area (Å²) in [4.78, 5) is 12.9. The second-order valence-corrected chi connectivity index (χ2v) is 9.46. The number of carbonyl (C=O) groups excluding carboxylic acids is 1. The first-order valence-corrected chi connectivity index (χ1v) is 11.7. The number of nitrogens with one attached hydrogen (secondary N) is 1. The Morgan fingerprint density at radius 1 is 1.12 bits per heavy atom. The van der Waals surface area contributed by atoms with E-state index in [-0.39, 0.29) is 23.9 Å². The molecular weight excluding hydrogens is 461 g/mol. The Kier molecular flexibility index (Phi) is 6.35. The van der Waals surface area contributed by atoms with E-state index in [1.54, 1.807) is 24.3 Å². The molecule has 176 valence electrons. The van der Waals surface area contributed by atoms with Crippen LogP contribution in [-0.4, -0.2) is 37.6 Å². The van der Waals surface area contributed by atoms with Gasteiger partial charge < -0.3 is 14.5 Å². The number of carbonyl (C=O) groups is 1. The van der Waals surface area contributed by atoms with Crippen molar-refractivity contribution in [3.63, 3.8) is 0 Å². The summed E-state index contributed by atoms with van der Waals surface area (Å²) < 4.78 is 73.8. The second-order valence-electron chi connectivity index (χ2n) is 7.64. The number of halogens is 3. The zero-order valence-electron chi connectivity index (χ0n) is 17.3. The minimum atomic E-state index is -4.79. The van der Waals surface area contributed by atoms with Crippen LogP contribution >= 0.6 is 0 Å². The molecule has 33 heavy (non-hydrogen) atoms. The molecule has 0 radical (unpaired) electrons. The van der Waals surface area contributed by atoms with Crippen molar-refractivity contribution >= 4 is 26.9 Å². The van der Waals surface area contributed by atoms with Crippen molar-refractivity contribution in [3.05, 3.63) is 60.2 Å². The van der Waals surface area contributed by atoms with Crippen LogP contribution in [0, 0.1) is 0 Å². The van der Waals surface area contributed by atoms with Gasteiger partial charge in [-0.15, -0.1) is 13.2 Å². The summed E-state index contributed by atoms with van der Waals surface area (Å²) in [7, 11) is -4.04. The quantitative estimate of drug-likeness (QED) is 0.569. The van der Waals surface area contributed by atoms with Crippen molar-refractivity contribution in [1.29, 1.82) is 0 Å². The van der Waals surface area contributed by atoms with Crippen molar-refractivity contribution < 1.29 is 35.5 Å². The zero-order valence-corrected chi connectivity index (χ0v) is 18.2. The Morgan fingerprint density at radius 2 is 1.85 bits per heavy atom. The summed E-state index contributed by atoms with van der Waals surface area (Å²) in [6.07, 6.45) is -3.13. The van der Waals surface area contributed by atoms with Crippen LogP contribution < -0.4 is 10.1 Å². The predicted octanol–water partition coefficient (Wildman–Crippen LogP) is 4.19. The standard InChI is InChI=1S/C22H21F3N2O5S/c23-22(24,25)32-17-10-8-15(9-11-17)14-26-21(28)18-6-3-4-12-27(18)33(29,30)20-13-16-5-1-2-7-19(16)31-20/h1-2,5,7-11,13,18H,3-4,6,12,14H2,(H,26,28)/t18-/m0/s1. The van der Waals surface area contributed by atoms with Crippen molar-refractivity contribution in [3.8, 4) is 5.75 Å². The number of ether oxygens (including phenoxy) is 1. The van der Waals surface area contributed by atoms with Crippen LogP contribution in [0.25, 0.3) is 11.0 Å². The lowest BCUT2D eigenvalue weighted by Gasteiger charge is -2.32. The van der Waals surface area contributed by atoms with E-state index in [1.165, 1.54) is 18.2 Å². The predicted molar refractivity (Wildman–Crippen MR) is 113 cm³/mol. The number of piperidine rings is 1. The lowest BCUT2D eigenvalue weighted by molar-refractivity contribution is -0.274. The molecule has 11 heteroatoms. The maximum absolute atomic E-state index is 13.2. The number of sulfonamides is 1. The maximum atomic E-state index is 13.2. The van der Waals surface area contributed by atoms with Gasteiger partial charge in [0.05, 0.1) is 0 Å². The van der Waals surface area contributed by atoms with Gasteiger partial charge in [0, 0.05) is 24.5 Å². The Morgan fingerprint density at radius 3 is 2.55 bits per heavy atom. The summed E-state index contributed by atoms with van der Waals surface area (Å²) in [6.45, 7) is 0.209. The third-order valence-corrected chi connectivity index (χ3v) is 7.11. The van der Waals surface area contributed by atoms with E-state index in [9.17, 15) is 26.4 Å². The molecule has 1 amide bonds. The molecule has 1 N–H and O–H groups in total. The van der Waals surface area contributed by atoms with Crippen LogP contribution in [0.15, 0.2) is 64.1 Å². The van der Waals surface area contributed by atoms with E-state index in [4.69, 9.17) is 4.42 Å². The molecule has 3 aromatic rings. The van der Waals surface area contributed by atoms with Crippen LogP contribution in [0.4, 0.5) is 13.2 Å². The summed E-state index contributed by atoms with van der Waals surface area (Å²) >= 11 is 0. The van der Waals surface area contributed by atoms with Gasteiger partial charge in [-0.1, -0.05) is 36.8 Å². The Labute approximate surface area is 188 Å². The topological polar surface area (TPSA) is 88.9 Å². The summed E-state index contributed by atoms with van der Waals surface area (Å²) in [6, 6.07) is 12.5. The van der Waals surface area contributed by atoms with Crippen molar-refractivity contribution in [2.75, 3.05) is 6.54 Å². The molecule has 4 rings (SSSR count). The molecule has 2 aromatic carbocycles. The van der Waals surface area contributed by atoms with E-state index in [0.717, 1.165) is 16.4 Å². The zero-order chi connectivity index (χ0) is 23.6. The second kappa shape index (κ2) is 9.06. The van der Waals surface area contributed by atoms with Gasteiger partial charge in [0.15, 0.2) is 0 Å². The molecule has 0 bridgehead atoms. The van der Waals surface area contributed by atoms with Gasteiger partial charge in [-0.25, -0.2) is 8.42 Å². The first-order chi connectivity index (χ1) is 15.6. The molecule has 7 nitrogen and oxygen atoms in total. The molecule has 1 saturated heterocycles. The van der Waals surface area contributed by atoms with Gasteiger partial charge in [-0.05, 0) is 36.6 Å². The first-order valence-electron chi connectivity index (χ1n) is 10.3. The maximum Gasteiger partial charge on any atom is 0.573 e. The fourth-order valence-electron chi connectivity index (χ4n) is 3.77. The number of alkyl halides is 3. The molecule has 1 aliphatic rings. The molecule has 0 unspecified atom stereocenters. The number of furan rings is 1. The fourth-order valence-corrected chi connectivity index (χ4v) is 5.38. The van der Waals surface area contributed by atoms with Crippen LogP contribution in [0.3, 0.4) is 0 Å². The minimum Gasteiger partial charge on any atom is -0.443 e. The van der Waals surface area contributed by atoms with Gasteiger partial charge in [0.1, 0.15) is 17.4 Å². The van der Waals surface area contributed by atoms with Crippen LogP contribution in [-0.2, 0) is 21.4 Å². The van der Waals surface area contributed by atoms with Gasteiger partial charge in [0.25, 0.3) is 10.0 Å². The van der Waals surface area contributed by atoms with Gasteiger partial charge in [0.2, 0.25) is 11.0 Å². The van der Waals surface area contributed by atoms with Crippen LogP contribution in [0.5, 0.6) is 5.75 Å². The number of hydrogen-bond donors (Lipinski definition) is 1. The molecule has 0 spiro atoms. The number of hydrogen-bond acceptors (Lipinski definition) is 5. The molecular formula is C22H21F3N2O5S. The average Bonchev–Trinajstić information content (AvgIpc) is 3.23. The number of amides is 1. The largest absolute Gasteiger partial charge is 0.573 e. The normalized spacial score (nSPS) is 17.7. The van der Waals surface area contributed by atoms with Crippen molar-refractivity contribution in [2.45, 2.75) is 43.3 Å². The third kappa shape index (κ3) is 5.31. The molecule has 0 aliphatic carbocycles. The van der Waals surface area contributed by atoms with E-state index < -0.39 is 28.3 Å². The highest BCUT2D eigenvalue weighted by atomic mass is 32.2. The number of nitrogens with zero attached hydrogens (tertiary/aromatic N) is 1. The highest BCUT2D eigenvalue weighted by molar-refractivity contribution is 7.89. The third-order valence-electron chi connectivity index (χ3n) is 5.35. The van der Waals surface area contributed by atoms with Crippen LogP contribution in [0.2, 0.25) is 0 Å². The summed E-state index contributed by atoms with van der Waals surface area (Å²) in [5.74, 6) is -0.849. The monoisotopic (exact) mass is 482 g/mol. The Bertz CT molecular complexity index is 1210. The molecule has 2 heterocycles. The number of fused-ring (bicyclic) bond motifs is 1. The Balaban J connectivity index is 1.46. The first kappa shape index (κ1) is 23.1. The van der Waals surface area contributed by atoms with Crippen molar-refractivity contribution in [2.24, 2.45) is 0 Å². The van der Waals surface area contributed by atoms with Gasteiger partial charge in [-0.2, -0.15) is 4.31 Å². The number of rotatable bonds is 6. The lowest BCUT2D eigenvalue weighted by Crippen LogP contribution is -2.51. The summed E-state index contributed by atoms with van der Waals surface area (Å²) in [5, 5.41) is 3.10. The van der Waals surface area contributed by atoms with Crippen molar-refractivity contribution in [1.82, 2.24) is 9.62 Å². The van der Waals surface area contributed by atoms with E-state index in [1.807, 2.05) is 0 Å².